The molecule has 1 saturated carbocycles. The van der Waals surface area contributed by atoms with Crippen molar-refractivity contribution in [3.8, 4) is 0 Å². The molecule has 2 atom stereocenters. The van der Waals surface area contributed by atoms with Gasteiger partial charge in [0.25, 0.3) is 5.91 Å². The predicted octanol–water partition coefficient (Wildman–Crippen LogP) is 4.71. The third-order valence-electron chi connectivity index (χ3n) is 6.26. The number of anilines is 1. The van der Waals surface area contributed by atoms with Crippen LogP contribution in [-0.2, 0) is 13.0 Å². The fraction of sp³-hybridized carbons (Fsp3) is 0.435. The van der Waals surface area contributed by atoms with Crippen LogP contribution in [0.3, 0.4) is 0 Å². The number of carbonyl (C=O) groups is 1. The number of benzene rings is 2. The molecular weight excluding hydrogens is 336 g/mol. The van der Waals surface area contributed by atoms with Gasteiger partial charge in [-0.05, 0) is 67.3 Å². The average molecular weight is 364 g/mol. The summed E-state index contributed by atoms with van der Waals surface area (Å²) in [5.74, 6) is 0.317. The van der Waals surface area contributed by atoms with Gasteiger partial charge in [-0.1, -0.05) is 43.2 Å². The van der Waals surface area contributed by atoms with Gasteiger partial charge < -0.3 is 4.90 Å². The lowest BCUT2D eigenvalue weighted by atomic mass is 9.78. The Morgan fingerprint density at radius 2 is 1.74 bits per heavy atom. The lowest BCUT2D eigenvalue weighted by Gasteiger charge is -2.44. The number of nitrogens with one attached hydrogen (secondary N) is 1. The topological polar surface area (TPSA) is 52.6 Å². The molecule has 0 saturated heterocycles. The van der Waals surface area contributed by atoms with Gasteiger partial charge in [0.05, 0.1) is 0 Å². The molecule has 1 heterocycles. The molecular formula is C23H28N2O2. The number of aryl methyl sites for hydroxylation is 1. The lowest BCUT2D eigenvalue weighted by molar-refractivity contribution is 0.0706. The molecule has 1 amide bonds. The molecule has 27 heavy (non-hydrogen) atoms. The molecule has 4 heteroatoms. The predicted molar refractivity (Wildman–Crippen MR) is 107 cm³/mol. The Morgan fingerprint density at radius 3 is 2.56 bits per heavy atom. The molecule has 0 radical (unpaired) electrons. The molecule has 4 nitrogen and oxygen atoms in total. The second-order valence-electron chi connectivity index (χ2n) is 7.90. The Balaban J connectivity index is 1.65. The van der Waals surface area contributed by atoms with Gasteiger partial charge in [-0.3, -0.25) is 10.0 Å². The Bertz CT molecular complexity index is 787. The first-order valence-corrected chi connectivity index (χ1v) is 10.1. The van der Waals surface area contributed by atoms with Crippen molar-refractivity contribution in [2.24, 2.45) is 5.92 Å². The minimum atomic E-state index is -0.467. The molecule has 0 aromatic heterocycles. The van der Waals surface area contributed by atoms with Gasteiger partial charge in [0.15, 0.2) is 0 Å². The Labute approximate surface area is 161 Å². The van der Waals surface area contributed by atoms with Crippen LogP contribution in [0, 0.1) is 5.92 Å². The standard InChI is InChI=1S/C23H28N2O2/c26-23(24-27)20-14-12-17(13-15-20)16-25-21-10-3-1-6-18(21)8-5-9-19-7-2-4-11-22(19)25/h1,3,6,10,12-15,19,22,27H,2,4-5,7-9,11,16H2,(H,24,26)/t19-,22+/m0/s1. The highest BCUT2D eigenvalue weighted by Crippen LogP contribution is 2.39. The summed E-state index contributed by atoms with van der Waals surface area (Å²) in [4.78, 5) is 14.2. The Hall–Kier alpha value is -2.33. The molecule has 0 unspecified atom stereocenters. The summed E-state index contributed by atoms with van der Waals surface area (Å²) in [5, 5.41) is 8.81. The first-order chi connectivity index (χ1) is 13.3. The maximum Gasteiger partial charge on any atom is 0.274 e. The number of para-hydroxylation sites is 1. The van der Waals surface area contributed by atoms with E-state index in [4.69, 9.17) is 5.21 Å². The molecule has 2 aromatic carbocycles. The van der Waals surface area contributed by atoms with E-state index in [1.54, 1.807) is 17.6 Å². The smallest absolute Gasteiger partial charge is 0.274 e. The van der Waals surface area contributed by atoms with Gasteiger partial charge in [-0.25, -0.2) is 5.48 Å². The van der Waals surface area contributed by atoms with E-state index in [1.165, 1.54) is 55.3 Å². The van der Waals surface area contributed by atoms with E-state index >= 15 is 0 Å². The van der Waals surface area contributed by atoms with Crippen molar-refractivity contribution in [2.75, 3.05) is 4.90 Å². The monoisotopic (exact) mass is 364 g/mol. The third kappa shape index (κ3) is 3.86. The molecule has 1 aliphatic carbocycles. The molecule has 1 aliphatic heterocycles. The fourth-order valence-electron chi connectivity index (χ4n) is 4.90. The number of carbonyl (C=O) groups excluding carboxylic acids is 1. The minimum absolute atomic E-state index is 0.467. The van der Waals surface area contributed by atoms with Crippen LogP contribution in [0.1, 0.15) is 60.0 Å². The van der Waals surface area contributed by atoms with Gasteiger partial charge in [0.1, 0.15) is 0 Å². The van der Waals surface area contributed by atoms with Crippen LogP contribution in [-0.4, -0.2) is 17.2 Å². The van der Waals surface area contributed by atoms with Crippen molar-refractivity contribution < 1.29 is 10.0 Å². The maximum absolute atomic E-state index is 11.6. The molecule has 1 fully saturated rings. The Kier molecular flexibility index (Phi) is 5.44. The average Bonchev–Trinajstić information content (AvgIpc) is 2.71. The molecule has 142 valence electrons. The van der Waals surface area contributed by atoms with E-state index in [-0.39, 0.29) is 0 Å². The van der Waals surface area contributed by atoms with Gasteiger partial charge in [-0.15, -0.1) is 0 Å². The van der Waals surface area contributed by atoms with Crippen LogP contribution >= 0.6 is 0 Å². The fourth-order valence-corrected chi connectivity index (χ4v) is 4.90. The van der Waals surface area contributed by atoms with Crippen LogP contribution in [0.25, 0.3) is 0 Å². The highest BCUT2D eigenvalue weighted by molar-refractivity contribution is 5.93. The van der Waals surface area contributed by atoms with E-state index in [2.05, 4.69) is 29.2 Å². The maximum atomic E-state index is 11.6. The lowest BCUT2D eigenvalue weighted by Crippen LogP contribution is -2.43. The van der Waals surface area contributed by atoms with Crippen LogP contribution in [0.4, 0.5) is 5.69 Å². The highest BCUT2D eigenvalue weighted by atomic mass is 16.5. The van der Waals surface area contributed by atoms with Crippen molar-refractivity contribution >= 4 is 11.6 Å². The van der Waals surface area contributed by atoms with Crippen LogP contribution in [0.2, 0.25) is 0 Å². The second-order valence-corrected chi connectivity index (χ2v) is 7.90. The molecule has 0 spiro atoms. The zero-order chi connectivity index (χ0) is 18.6. The summed E-state index contributed by atoms with van der Waals surface area (Å²) in [6.07, 6.45) is 9.06. The second kappa shape index (κ2) is 8.13. The molecule has 2 N–H and O–H groups in total. The van der Waals surface area contributed by atoms with Crippen molar-refractivity contribution in [2.45, 2.75) is 57.5 Å². The number of hydrogen-bond acceptors (Lipinski definition) is 3. The summed E-state index contributed by atoms with van der Waals surface area (Å²) in [6.45, 7) is 0.860. The van der Waals surface area contributed by atoms with Gasteiger partial charge in [0.2, 0.25) is 0 Å². The molecule has 2 aliphatic rings. The first kappa shape index (κ1) is 18.1. The van der Waals surface area contributed by atoms with E-state index < -0.39 is 5.91 Å². The molecule has 0 bridgehead atoms. The highest BCUT2D eigenvalue weighted by Gasteiger charge is 2.32. The largest absolute Gasteiger partial charge is 0.364 e. The third-order valence-corrected chi connectivity index (χ3v) is 6.26. The number of fused-ring (bicyclic) bond motifs is 2. The summed E-state index contributed by atoms with van der Waals surface area (Å²) in [5.41, 5.74) is 6.21. The number of rotatable bonds is 3. The molecule has 2 aromatic rings. The van der Waals surface area contributed by atoms with Crippen molar-refractivity contribution in [3.05, 3.63) is 65.2 Å². The zero-order valence-corrected chi connectivity index (χ0v) is 15.7. The number of nitrogens with zero attached hydrogens (tertiary/aromatic N) is 1. The SMILES string of the molecule is O=C(NO)c1ccc(CN2c3ccccc3CCC[C@@H]3CCCC[C@H]32)cc1. The van der Waals surface area contributed by atoms with Crippen molar-refractivity contribution in [1.82, 2.24) is 5.48 Å². The van der Waals surface area contributed by atoms with Crippen molar-refractivity contribution in [3.63, 3.8) is 0 Å². The van der Waals surface area contributed by atoms with Crippen molar-refractivity contribution in [1.29, 1.82) is 0 Å². The van der Waals surface area contributed by atoms with Gasteiger partial charge >= 0.3 is 0 Å². The van der Waals surface area contributed by atoms with E-state index in [0.29, 0.717) is 11.6 Å². The van der Waals surface area contributed by atoms with E-state index in [9.17, 15) is 4.79 Å². The first-order valence-electron chi connectivity index (χ1n) is 10.1. The van der Waals surface area contributed by atoms with Crippen LogP contribution in [0.5, 0.6) is 0 Å². The van der Waals surface area contributed by atoms with E-state index in [0.717, 1.165) is 18.9 Å². The molecule has 4 rings (SSSR count). The number of amides is 1. The zero-order valence-electron chi connectivity index (χ0n) is 15.7. The van der Waals surface area contributed by atoms with E-state index in [1.807, 2.05) is 12.1 Å². The number of hydrogen-bond donors (Lipinski definition) is 2. The summed E-state index contributed by atoms with van der Waals surface area (Å²) >= 11 is 0. The quantitative estimate of drug-likeness (QED) is 0.613. The van der Waals surface area contributed by atoms with Crippen LogP contribution < -0.4 is 10.4 Å². The normalized spacial score (nSPS) is 22.2. The van der Waals surface area contributed by atoms with Gasteiger partial charge in [-0.2, -0.15) is 0 Å². The summed E-state index contributed by atoms with van der Waals surface area (Å²) in [6, 6.07) is 17.0. The number of hydroxylamine groups is 1. The van der Waals surface area contributed by atoms with Gasteiger partial charge in [0, 0.05) is 23.8 Å². The van der Waals surface area contributed by atoms with Crippen LogP contribution in [0.15, 0.2) is 48.5 Å². The minimum Gasteiger partial charge on any atom is -0.364 e. The Morgan fingerprint density at radius 1 is 1.00 bits per heavy atom. The summed E-state index contributed by atoms with van der Waals surface area (Å²) < 4.78 is 0. The summed E-state index contributed by atoms with van der Waals surface area (Å²) in [7, 11) is 0.